The second-order valence-electron chi connectivity index (χ2n) is 8.79. The average Bonchev–Trinajstić information content (AvgIpc) is 2.94. The maximum Gasteiger partial charge on any atom is 0.131 e. The third kappa shape index (κ3) is 2.35. The van der Waals surface area contributed by atoms with E-state index < -0.39 is 5.60 Å². The minimum Gasteiger partial charge on any atom is -0.501 e. The zero-order valence-corrected chi connectivity index (χ0v) is 15.8. The highest BCUT2D eigenvalue weighted by Crippen LogP contribution is 2.65. The zero-order chi connectivity index (χ0) is 17.7. The number of fused-ring (bicyclic) bond motifs is 4. The minimum absolute atomic E-state index is 0.0298. The molecule has 2 heteroatoms. The Morgan fingerprint density at radius 2 is 2.16 bits per heavy atom. The fourth-order valence-electron chi connectivity index (χ4n) is 7.06. The van der Waals surface area contributed by atoms with Gasteiger partial charge in [-0.25, -0.2) is 0 Å². The lowest BCUT2D eigenvalue weighted by atomic mass is 9.51. The van der Waals surface area contributed by atoms with Gasteiger partial charge in [-0.3, -0.25) is 0 Å². The standard InChI is InChI=1S/C23H32O2/c1-4-12-22-13-10-19-18-9-7-17(25-3)15-16(18)6-8-20(19)21(22)11-14-23(22,24)5-2/h2,7,19-21,24H,4,6,8-15H2,1,3H3/t19-,20-,21+,22+,23-/m1/s1. The Morgan fingerprint density at radius 3 is 2.88 bits per heavy atom. The van der Waals surface area contributed by atoms with Crippen molar-refractivity contribution in [1.82, 2.24) is 0 Å². The summed E-state index contributed by atoms with van der Waals surface area (Å²) < 4.78 is 5.51. The molecule has 0 heterocycles. The van der Waals surface area contributed by atoms with Crippen LogP contribution in [0.25, 0.3) is 0 Å². The quantitative estimate of drug-likeness (QED) is 0.579. The summed E-state index contributed by atoms with van der Waals surface area (Å²) in [5.41, 5.74) is 2.45. The number of aliphatic hydroxyl groups is 1. The summed E-state index contributed by atoms with van der Waals surface area (Å²) in [5.74, 6) is 6.04. The van der Waals surface area contributed by atoms with Crippen LogP contribution in [-0.2, 0) is 4.74 Å². The maximum atomic E-state index is 11.3. The summed E-state index contributed by atoms with van der Waals surface area (Å²) in [7, 11) is 1.79. The highest BCUT2D eigenvalue weighted by atomic mass is 16.5. The van der Waals surface area contributed by atoms with Crippen LogP contribution in [0.1, 0.15) is 71.1 Å². The molecule has 5 atom stereocenters. The van der Waals surface area contributed by atoms with Gasteiger partial charge >= 0.3 is 0 Å². The van der Waals surface area contributed by atoms with Crippen LogP contribution in [-0.4, -0.2) is 17.8 Å². The van der Waals surface area contributed by atoms with Crippen LogP contribution in [0.2, 0.25) is 0 Å². The molecule has 2 saturated carbocycles. The van der Waals surface area contributed by atoms with E-state index in [9.17, 15) is 5.11 Å². The van der Waals surface area contributed by atoms with Gasteiger partial charge in [0.25, 0.3) is 0 Å². The molecule has 0 amide bonds. The lowest BCUT2D eigenvalue weighted by molar-refractivity contribution is -0.0887. The predicted molar refractivity (Wildman–Crippen MR) is 101 cm³/mol. The first-order chi connectivity index (χ1) is 12.1. The second-order valence-corrected chi connectivity index (χ2v) is 8.79. The first kappa shape index (κ1) is 17.2. The van der Waals surface area contributed by atoms with E-state index in [2.05, 4.69) is 18.9 Å². The normalized spacial score (nSPS) is 42.8. The molecule has 1 N–H and O–H groups in total. The molecular weight excluding hydrogens is 308 g/mol. The molecule has 0 aromatic rings. The molecule has 0 aliphatic heterocycles. The Labute approximate surface area is 152 Å². The fraction of sp³-hybridized carbons (Fsp3) is 0.739. The van der Waals surface area contributed by atoms with Gasteiger partial charge in [0, 0.05) is 11.8 Å². The molecule has 0 radical (unpaired) electrons. The Balaban J connectivity index is 1.65. The van der Waals surface area contributed by atoms with Gasteiger partial charge in [0.05, 0.1) is 12.9 Å². The zero-order valence-electron chi connectivity index (χ0n) is 15.8. The molecule has 4 rings (SSSR count). The molecule has 0 saturated heterocycles. The van der Waals surface area contributed by atoms with Gasteiger partial charge in [-0.2, -0.15) is 0 Å². The van der Waals surface area contributed by atoms with E-state index in [1.165, 1.54) is 19.3 Å². The van der Waals surface area contributed by atoms with Gasteiger partial charge in [0.15, 0.2) is 0 Å². The third-order valence-corrected chi connectivity index (χ3v) is 8.10. The van der Waals surface area contributed by atoms with Crippen molar-refractivity contribution in [2.45, 2.75) is 76.7 Å². The van der Waals surface area contributed by atoms with Crippen LogP contribution < -0.4 is 0 Å². The average molecular weight is 341 g/mol. The number of rotatable bonds is 3. The van der Waals surface area contributed by atoms with E-state index in [1.807, 2.05) is 0 Å². The van der Waals surface area contributed by atoms with Crippen molar-refractivity contribution in [3.8, 4) is 12.3 Å². The number of ether oxygens (including phenoxy) is 1. The molecule has 0 unspecified atom stereocenters. The summed E-state index contributed by atoms with van der Waals surface area (Å²) in [4.78, 5) is 0. The van der Waals surface area contributed by atoms with Gasteiger partial charge in [-0.05, 0) is 75.2 Å². The van der Waals surface area contributed by atoms with E-state index in [1.54, 1.807) is 18.3 Å². The van der Waals surface area contributed by atoms with Crippen LogP contribution in [0.15, 0.2) is 23.0 Å². The highest BCUT2D eigenvalue weighted by Gasteiger charge is 2.63. The van der Waals surface area contributed by atoms with Crippen molar-refractivity contribution in [3.63, 3.8) is 0 Å². The SMILES string of the molecule is C#C[C@@]1(O)CC[C@H]2[C@@H]3CCC4=C(CC=C(OC)C4)[C@H]3CC[C@@]21CCC. The van der Waals surface area contributed by atoms with Crippen molar-refractivity contribution in [2.24, 2.45) is 23.2 Å². The van der Waals surface area contributed by atoms with Gasteiger partial charge in [-0.1, -0.05) is 30.4 Å². The number of allylic oxidation sites excluding steroid dienone is 3. The van der Waals surface area contributed by atoms with Crippen LogP contribution in [0.3, 0.4) is 0 Å². The smallest absolute Gasteiger partial charge is 0.131 e. The first-order valence-electron chi connectivity index (χ1n) is 10.2. The Kier molecular flexibility index (Phi) is 4.27. The number of terminal acetylenes is 1. The summed E-state index contributed by atoms with van der Waals surface area (Å²) in [6, 6.07) is 0. The van der Waals surface area contributed by atoms with Gasteiger partial charge in [-0.15, -0.1) is 6.42 Å². The van der Waals surface area contributed by atoms with E-state index in [0.717, 1.165) is 56.6 Å². The lowest BCUT2D eigenvalue weighted by Gasteiger charge is -2.54. The number of hydrogen-bond donors (Lipinski definition) is 1. The molecule has 4 aliphatic rings. The van der Waals surface area contributed by atoms with E-state index in [0.29, 0.717) is 11.8 Å². The summed E-state index contributed by atoms with van der Waals surface area (Å²) in [6.07, 6.45) is 19.2. The second kappa shape index (κ2) is 6.20. The van der Waals surface area contributed by atoms with Gasteiger partial charge in [0.1, 0.15) is 5.60 Å². The molecular formula is C23H32O2. The van der Waals surface area contributed by atoms with Crippen LogP contribution >= 0.6 is 0 Å². The van der Waals surface area contributed by atoms with Gasteiger partial charge < -0.3 is 9.84 Å². The summed E-state index contributed by atoms with van der Waals surface area (Å²) in [5, 5.41) is 11.3. The van der Waals surface area contributed by atoms with E-state index >= 15 is 0 Å². The molecule has 0 aromatic carbocycles. The van der Waals surface area contributed by atoms with Crippen LogP contribution in [0, 0.1) is 35.5 Å². The van der Waals surface area contributed by atoms with Gasteiger partial charge in [0.2, 0.25) is 0 Å². The summed E-state index contributed by atoms with van der Waals surface area (Å²) >= 11 is 0. The van der Waals surface area contributed by atoms with Crippen LogP contribution in [0.4, 0.5) is 0 Å². The lowest BCUT2D eigenvalue weighted by Crippen LogP contribution is -2.52. The number of hydrogen-bond acceptors (Lipinski definition) is 2. The Hall–Kier alpha value is -1.20. The number of methoxy groups -OCH3 is 1. The van der Waals surface area contributed by atoms with Crippen molar-refractivity contribution < 1.29 is 9.84 Å². The molecule has 25 heavy (non-hydrogen) atoms. The first-order valence-corrected chi connectivity index (χ1v) is 10.2. The highest BCUT2D eigenvalue weighted by molar-refractivity contribution is 5.34. The molecule has 0 bridgehead atoms. The topological polar surface area (TPSA) is 29.5 Å². The Bertz CT molecular complexity index is 651. The molecule has 0 aromatic heterocycles. The summed E-state index contributed by atoms with van der Waals surface area (Å²) in [6.45, 7) is 2.24. The van der Waals surface area contributed by atoms with E-state index in [-0.39, 0.29) is 5.41 Å². The van der Waals surface area contributed by atoms with Crippen molar-refractivity contribution in [2.75, 3.05) is 7.11 Å². The van der Waals surface area contributed by atoms with Crippen molar-refractivity contribution in [1.29, 1.82) is 0 Å². The monoisotopic (exact) mass is 340 g/mol. The molecule has 0 spiro atoms. The molecule has 2 nitrogen and oxygen atoms in total. The fourth-order valence-corrected chi connectivity index (χ4v) is 7.06. The minimum atomic E-state index is -0.872. The van der Waals surface area contributed by atoms with Crippen molar-refractivity contribution >= 4 is 0 Å². The maximum absolute atomic E-state index is 11.3. The molecule has 2 fully saturated rings. The predicted octanol–water partition coefficient (Wildman–Crippen LogP) is 4.99. The molecule has 136 valence electrons. The molecule has 4 aliphatic carbocycles. The largest absolute Gasteiger partial charge is 0.501 e. The Morgan fingerprint density at radius 1 is 1.32 bits per heavy atom. The van der Waals surface area contributed by atoms with Crippen molar-refractivity contribution in [3.05, 3.63) is 23.0 Å². The van der Waals surface area contributed by atoms with E-state index in [4.69, 9.17) is 11.2 Å². The van der Waals surface area contributed by atoms with Crippen LogP contribution in [0.5, 0.6) is 0 Å². The third-order valence-electron chi connectivity index (χ3n) is 8.10.